The SMILES string of the molecule is O=Cc1cc(Cl)ccc1N1CC2CCC(O)C2C1. The number of rotatable bonds is 2. The molecular formula is C14H16ClNO2. The van der Waals surface area contributed by atoms with E-state index in [2.05, 4.69) is 4.90 Å². The van der Waals surface area contributed by atoms with Gasteiger partial charge in [0.2, 0.25) is 0 Å². The van der Waals surface area contributed by atoms with Crippen molar-refractivity contribution in [1.29, 1.82) is 0 Å². The van der Waals surface area contributed by atoms with Crippen LogP contribution in [0.15, 0.2) is 18.2 Å². The number of anilines is 1. The third-order valence-electron chi connectivity index (χ3n) is 4.28. The Bertz CT molecular complexity index is 477. The van der Waals surface area contributed by atoms with Crippen molar-refractivity contribution < 1.29 is 9.90 Å². The molecule has 2 aliphatic rings. The lowest BCUT2D eigenvalue weighted by molar-refractivity contribution is 0.112. The van der Waals surface area contributed by atoms with Crippen LogP contribution in [0.2, 0.25) is 5.02 Å². The normalized spacial score (nSPS) is 30.6. The van der Waals surface area contributed by atoms with Crippen molar-refractivity contribution in [2.24, 2.45) is 11.8 Å². The van der Waals surface area contributed by atoms with E-state index in [0.717, 1.165) is 37.9 Å². The van der Waals surface area contributed by atoms with Crippen molar-refractivity contribution in [2.45, 2.75) is 18.9 Å². The maximum atomic E-state index is 11.1. The van der Waals surface area contributed by atoms with Gasteiger partial charge >= 0.3 is 0 Å². The monoisotopic (exact) mass is 265 g/mol. The first-order valence-electron chi connectivity index (χ1n) is 6.37. The first-order valence-corrected chi connectivity index (χ1v) is 6.74. The summed E-state index contributed by atoms with van der Waals surface area (Å²) in [6.07, 6.45) is 2.69. The Hall–Kier alpha value is -1.06. The quantitative estimate of drug-likeness (QED) is 0.835. The van der Waals surface area contributed by atoms with E-state index in [1.54, 1.807) is 6.07 Å². The highest BCUT2D eigenvalue weighted by molar-refractivity contribution is 6.31. The predicted molar refractivity (Wildman–Crippen MR) is 71.3 cm³/mol. The van der Waals surface area contributed by atoms with E-state index in [-0.39, 0.29) is 6.10 Å². The van der Waals surface area contributed by atoms with Gasteiger partial charge in [-0.25, -0.2) is 0 Å². The summed E-state index contributed by atoms with van der Waals surface area (Å²) in [5.41, 5.74) is 1.58. The summed E-state index contributed by atoms with van der Waals surface area (Å²) < 4.78 is 0. The van der Waals surface area contributed by atoms with Gasteiger partial charge in [-0.1, -0.05) is 11.6 Å². The van der Waals surface area contributed by atoms with Crippen LogP contribution in [0.5, 0.6) is 0 Å². The number of halogens is 1. The van der Waals surface area contributed by atoms with E-state index >= 15 is 0 Å². The summed E-state index contributed by atoms with van der Waals surface area (Å²) >= 11 is 5.90. The number of aldehydes is 1. The fourth-order valence-corrected chi connectivity index (χ4v) is 3.52. The zero-order chi connectivity index (χ0) is 12.7. The molecule has 96 valence electrons. The van der Waals surface area contributed by atoms with E-state index in [4.69, 9.17) is 11.6 Å². The second-order valence-electron chi connectivity index (χ2n) is 5.29. The van der Waals surface area contributed by atoms with E-state index in [0.29, 0.717) is 22.4 Å². The highest BCUT2D eigenvalue weighted by Gasteiger charge is 2.42. The zero-order valence-corrected chi connectivity index (χ0v) is 10.8. The van der Waals surface area contributed by atoms with Crippen LogP contribution < -0.4 is 4.90 Å². The third-order valence-corrected chi connectivity index (χ3v) is 4.51. The van der Waals surface area contributed by atoms with Gasteiger partial charge in [0, 0.05) is 35.3 Å². The summed E-state index contributed by atoms with van der Waals surface area (Å²) in [6, 6.07) is 5.42. The van der Waals surface area contributed by atoms with Gasteiger partial charge in [0.05, 0.1) is 6.10 Å². The molecule has 0 bridgehead atoms. The first-order chi connectivity index (χ1) is 8.69. The van der Waals surface area contributed by atoms with Gasteiger partial charge < -0.3 is 10.0 Å². The minimum atomic E-state index is -0.174. The molecule has 1 saturated carbocycles. The van der Waals surface area contributed by atoms with Gasteiger partial charge in [0.25, 0.3) is 0 Å². The van der Waals surface area contributed by atoms with E-state index < -0.39 is 0 Å². The molecule has 1 heterocycles. The Morgan fingerprint density at radius 3 is 2.89 bits per heavy atom. The number of nitrogens with zero attached hydrogens (tertiary/aromatic N) is 1. The minimum Gasteiger partial charge on any atom is -0.393 e. The lowest BCUT2D eigenvalue weighted by Crippen LogP contribution is -2.25. The lowest BCUT2D eigenvalue weighted by atomic mass is 10.00. The number of carbonyl (C=O) groups excluding carboxylic acids is 1. The van der Waals surface area contributed by atoms with Crippen LogP contribution in [-0.2, 0) is 0 Å². The molecule has 3 unspecified atom stereocenters. The molecule has 1 saturated heterocycles. The van der Waals surface area contributed by atoms with Crippen molar-refractivity contribution in [2.75, 3.05) is 18.0 Å². The van der Waals surface area contributed by atoms with Crippen LogP contribution in [0, 0.1) is 11.8 Å². The van der Waals surface area contributed by atoms with E-state index in [1.165, 1.54) is 0 Å². The summed E-state index contributed by atoms with van der Waals surface area (Å²) in [4.78, 5) is 13.3. The third kappa shape index (κ3) is 1.91. The molecule has 1 aliphatic heterocycles. The van der Waals surface area contributed by atoms with Gasteiger partial charge in [-0.2, -0.15) is 0 Å². The van der Waals surface area contributed by atoms with Crippen LogP contribution in [0.1, 0.15) is 23.2 Å². The van der Waals surface area contributed by atoms with Gasteiger partial charge in [0.1, 0.15) is 0 Å². The molecule has 18 heavy (non-hydrogen) atoms. The summed E-state index contributed by atoms with van der Waals surface area (Å²) in [6.45, 7) is 1.78. The van der Waals surface area contributed by atoms with Crippen molar-refractivity contribution in [3.63, 3.8) is 0 Å². The number of hydrogen-bond donors (Lipinski definition) is 1. The minimum absolute atomic E-state index is 0.174. The number of fused-ring (bicyclic) bond motifs is 1. The molecule has 3 rings (SSSR count). The molecule has 3 atom stereocenters. The Morgan fingerprint density at radius 2 is 2.17 bits per heavy atom. The maximum Gasteiger partial charge on any atom is 0.152 e. The second kappa shape index (κ2) is 4.56. The van der Waals surface area contributed by atoms with Gasteiger partial charge in [0.15, 0.2) is 6.29 Å². The Labute approximate surface area is 111 Å². The van der Waals surface area contributed by atoms with Crippen molar-refractivity contribution in [3.8, 4) is 0 Å². The average molecular weight is 266 g/mol. The van der Waals surface area contributed by atoms with Crippen LogP contribution >= 0.6 is 11.6 Å². The van der Waals surface area contributed by atoms with Crippen molar-refractivity contribution in [3.05, 3.63) is 28.8 Å². The Morgan fingerprint density at radius 1 is 1.33 bits per heavy atom. The number of benzene rings is 1. The predicted octanol–water partition coefficient (Wildman–Crippen LogP) is 2.36. The molecule has 0 radical (unpaired) electrons. The standard InChI is InChI=1S/C14H16ClNO2/c15-11-2-3-13(10(5-11)8-17)16-6-9-1-4-14(18)12(9)7-16/h2-3,5,8-9,12,14,18H,1,4,6-7H2. The van der Waals surface area contributed by atoms with Crippen LogP contribution in [0.4, 0.5) is 5.69 Å². The number of carbonyl (C=O) groups is 1. The topological polar surface area (TPSA) is 40.5 Å². The molecule has 0 spiro atoms. The molecule has 1 aliphatic carbocycles. The number of aliphatic hydroxyl groups excluding tert-OH is 1. The number of aliphatic hydroxyl groups is 1. The van der Waals surface area contributed by atoms with Crippen LogP contribution in [0.25, 0.3) is 0 Å². The molecule has 0 aromatic heterocycles. The molecular weight excluding hydrogens is 250 g/mol. The van der Waals surface area contributed by atoms with Gasteiger partial charge in [-0.15, -0.1) is 0 Å². The van der Waals surface area contributed by atoms with Crippen molar-refractivity contribution >= 4 is 23.6 Å². The summed E-state index contributed by atoms with van der Waals surface area (Å²) in [5, 5.41) is 10.5. The van der Waals surface area contributed by atoms with Crippen LogP contribution in [0.3, 0.4) is 0 Å². The molecule has 0 amide bonds. The fourth-order valence-electron chi connectivity index (χ4n) is 3.34. The molecule has 4 heteroatoms. The summed E-state index contributed by atoms with van der Waals surface area (Å²) in [7, 11) is 0. The largest absolute Gasteiger partial charge is 0.393 e. The van der Waals surface area contributed by atoms with E-state index in [9.17, 15) is 9.90 Å². The second-order valence-corrected chi connectivity index (χ2v) is 5.73. The first kappa shape index (κ1) is 12.0. The molecule has 1 aromatic carbocycles. The molecule has 1 aromatic rings. The van der Waals surface area contributed by atoms with Gasteiger partial charge in [-0.05, 0) is 37.0 Å². The molecule has 3 nitrogen and oxygen atoms in total. The Kier molecular flexibility index (Phi) is 3.04. The Balaban J connectivity index is 1.87. The average Bonchev–Trinajstić information content (AvgIpc) is 2.92. The highest BCUT2D eigenvalue weighted by atomic mass is 35.5. The van der Waals surface area contributed by atoms with Crippen molar-refractivity contribution in [1.82, 2.24) is 0 Å². The fraction of sp³-hybridized carbons (Fsp3) is 0.500. The highest BCUT2D eigenvalue weighted by Crippen LogP contribution is 2.40. The molecule has 2 fully saturated rings. The zero-order valence-electron chi connectivity index (χ0n) is 10.1. The lowest BCUT2D eigenvalue weighted by Gasteiger charge is -2.22. The van der Waals surface area contributed by atoms with Crippen LogP contribution in [-0.4, -0.2) is 30.6 Å². The van der Waals surface area contributed by atoms with Gasteiger partial charge in [-0.3, -0.25) is 4.79 Å². The number of hydrogen-bond acceptors (Lipinski definition) is 3. The molecule has 1 N–H and O–H groups in total. The smallest absolute Gasteiger partial charge is 0.152 e. The summed E-state index contributed by atoms with van der Waals surface area (Å²) in [5.74, 6) is 0.926. The maximum absolute atomic E-state index is 11.1. The van der Waals surface area contributed by atoms with E-state index in [1.807, 2.05) is 12.1 Å².